The quantitative estimate of drug-likeness (QED) is 0.728. The van der Waals surface area contributed by atoms with Gasteiger partial charge >= 0.3 is 0 Å². The molecular weight excluding hydrogens is 202 g/mol. The van der Waals surface area contributed by atoms with Gasteiger partial charge in [0.05, 0.1) is 20.3 Å². The standard InChI is InChI=1S/C13H15NO2/c1-10(6-7-14)8-11-4-5-12(15-2)13(9-11)16-3/h4-6,9H,8H2,1-3H3. The van der Waals surface area contributed by atoms with Crippen LogP contribution in [0.2, 0.25) is 0 Å². The van der Waals surface area contributed by atoms with Gasteiger partial charge in [-0.2, -0.15) is 5.26 Å². The Kier molecular flexibility index (Phi) is 4.41. The third-order valence-corrected chi connectivity index (χ3v) is 2.24. The molecule has 3 heteroatoms. The van der Waals surface area contributed by atoms with Crippen LogP contribution in [0.25, 0.3) is 0 Å². The lowest BCUT2D eigenvalue weighted by atomic mass is 10.1. The van der Waals surface area contributed by atoms with Gasteiger partial charge < -0.3 is 9.47 Å². The van der Waals surface area contributed by atoms with Crippen LogP contribution in [0.3, 0.4) is 0 Å². The second-order valence-corrected chi connectivity index (χ2v) is 3.49. The van der Waals surface area contributed by atoms with Crippen LogP contribution in [0.4, 0.5) is 0 Å². The zero-order valence-corrected chi connectivity index (χ0v) is 9.78. The number of hydrogen-bond donors (Lipinski definition) is 0. The van der Waals surface area contributed by atoms with E-state index in [-0.39, 0.29) is 0 Å². The molecule has 0 amide bonds. The van der Waals surface area contributed by atoms with E-state index >= 15 is 0 Å². The van der Waals surface area contributed by atoms with E-state index in [2.05, 4.69) is 0 Å². The van der Waals surface area contributed by atoms with Crippen molar-refractivity contribution in [1.29, 1.82) is 5.26 Å². The van der Waals surface area contributed by atoms with Gasteiger partial charge in [0.15, 0.2) is 11.5 Å². The second kappa shape index (κ2) is 5.82. The van der Waals surface area contributed by atoms with E-state index < -0.39 is 0 Å². The fourth-order valence-electron chi connectivity index (χ4n) is 1.47. The summed E-state index contributed by atoms with van der Waals surface area (Å²) in [4.78, 5) is 0. The lowest BCUT2D eigenvalue weighted by molar-refractivity contribution is 0.354. The predicted molar refractivity (Wildman–Crippen MR) is 62.6 cm³/mol. The van der Waals surface area contributed by atoms with Crippen molar-refractivity contribution < 1.29 is 9.47 Å². The number of methoxy groups -OCH3 is 2. The molecule has 0 aliphatic carbocycles. The summed E-state index contributed by atoms with van der Waals surface area (Å²) in [5, 5.41) is 8.53. The summed E-state index contributed by atoms with van der Waals surface area (Å²) in [6, 6.07) is 7.78. The van der Waals surface area contributed by atoms with Gasteiger partial charge in [-0.05, 0) is 31.0 Å². The zero-order chi connectivity index (χ0) is 12.0. The first-order valence-electron chi connectivity index (χ1n) is 4.97. The average Bonchev–Trinajstić information content (AvgIpc) is 2.29. The van der Waals surface area contributed by atoms with Crippen molar-refractivity contribution in [2.45, 2.75) is 13.3 Å². The Morgan fingerprint density at radius 3 is 2.56 bits per heavy atom. The first-order valence-corrected chi connectivity index (χ1v) is 4.97. The molecule has 0 aliphatic heterocycles. The first-order chi connectivity index (χ1) is 7.71. The monoisotopic (exact) mass is 217 g/mol. The summed E-state index contributed by atoms with van der Waals surface area (Å²) in [6.45, 7) is 1.93. The van der Waals surface area contributed by atoms with Gasteiger partial charge in [-0.15, -0.1) is 0 Å². The van der Waals surface area contributed by atoms with Gasteiger partial charge in [0.1, 0.15) is 0 Å². The van der Waals surface area contributed by atoms with Crippen LogP contribution in [0, 0.1) is 11.3 Å². The zero-order valence-electron chi connectivity index (χ0n) is 9.78. The molecule has 0 saturated carbocycles. The molecule has 0 fully saturated rings. The van der Waals surface area contributed by atoms with Crippen LogP contribution < -0.4 is 9.47 Å². The SMILES string of the molecule is COc1ccc(CC(C)=CC#N)cc1OC. The van der Waals surface area contributed by atoms with Crippen molar-refractivity contribution in [1.82, 2.24) is 0 Å². The first kappa shape index (κ1) is 12.1. The van der Waals surface area contributed by atoms with Gasteiger partial charge in [-0.3, -0.25) is 0 Å². The van der Waals surface area contributed by atoms with Crippen molar-refractivity contribution in [2.24, 2.45) is 0 Å². The highest BCUT2D eigenvalue weighted by atomic mass is 16.5. The fourth-order valence-corrected chi connectivity index (χ4v) is 1.47. The molecule has 1 rings (SSSR count). The highest BCUT2D eigenvalue weighted by Gasteiger charge is 2.04. The molecule has 16 heavy (non-hydrogen) atoms. The largest absolute Gasteiger partial charge is 0.493 e. The Balaban J connectivity index is 2.92. The molecule has 0 aromatic heterocycles. The van der Waals surface area contributed by atoms with Crippen molar-refractivity contribution >= 4 is 0 Å². The molecule has 0 aliphatic rings. The summed E-state index contributed by atoms with van der Waals surface area (Å²) >= 11 is 0. The lowest BCUT2D eigenvalue weighted by Crippen LogP contribution is -1.93. The van der Waals surface area contributed by atoms with E-state index in [1.165, 1.54) is 0 Å². The summed E-state index contributed by atoms with van der Waals surface area (Å²) in [6.07, 6.45) is 2.30. The number of hydrogen-bond acceptors (Lipinski definition) is 3. The van der Waals surface area contributed by atoms with Crippen LogP contribution in [0.1, 0.15) is 12.5 Å². The molecule has 0 atom stereocenters. The molecule has 0 bridgehead atoms. The molecule has 3 nitrogen and oxygen atoms in total. The molecule has 0 heterocycles. The van der Waals surface area contributed by atoms with Gasteiger partial charge in [-0.25, -0.2) is 0 Å². The summed E-state index contributed by atoms with van der Waals surface area (Å²) in [7, 11) is 3.22. The molecule has 0 N–H and O–H groups in total. The van der Waals surface area contributed by atoms with Crippen LogP contribution in [-0.2, 0) is 6.42 Å². The van der Waals surface area contributed by atoms with Crippen molar-refractivity contribution in [3.05, 3.63) is 35.4 Å². The Bertz CT molecular complexity index is 430. The van der Waals surface area contributed by atoms with Gasteiger partial charge in [-0.1, -0.05) is 11.6 Å². The third-order valence-electron chi connectivity index (χ3n) is 2.24. The van der Waals surface area contributed by atoms with Crippen molar-refractivity contribution in [2.75, 3.05) is 14.2 Å². The number of allylic oxidation sites excluding steroid dienone is 2. The predicted octanol–water partition coefficient (Wildman–Crippen LogP) is 2.72. The Morgan fingerprint density at radius 2 is 2.00 bits per heavy atom. The highest BCUT2D eigenvalue weighted by molar-refractivity contribution is 5.43. The molecule has 0 saturated heterocycles. The Labute approximate surface area is 95.9 Å². The maximum absolute atomic E-state index is 8.53. The minimum Gasteiger partial charge on any atom is -0.493 e. The maximum Gasteiger partial charge on any atom is 0.160 e. The maximum atomic E-state index is 8.53. The van der Waals surface area contributed by atoms with Crippen molar-refractivity contribution in [3.8, 4) is 17.6 Å². The smallest absolute Gasteiger partial charge is 0.160 e. The van der Waals surface area contributed by atoms with Crippen LogP contribution >= 0.6 is 0 Å². The van der Waals surface area contributed by atoms with E-state index in [9.17, 15) is 0 Å². The summed E-state index contributed by atoms with van der Waals surface area (Å²) < 4.78 is 10.4. The summed E-state index contributed by atoms with van der Waals surface area (Å²) in [5.74, 6) is 1.43. The van der Waals surface area contributed by atoms with Crippen LogP contribution in [-0.4, -0.2) is 14.2 Å². The Morgan fingerprint density at radius 1 is 1.31 bits per heavy atom. The van der Waals surface area contributed by atoms with E-state index in [0.717, 1.165) is 17.6 Å². The highest BCUT2D eigenvalue weighted by Crippen LogP contribution is 2.28. The number of rotatable bonds is 4. The molecule has 1 aromatic rings. The van der Waals surface area contributed by atoms with E-state index in [1.807, 2.05) is 31.2 Å². The number of benzene rings is 1. The molecule has 0 spiro atoms. The van der Waals surface area contributed by atoms with Crippen LogP contribution in [0.5, 0.6) is 11.5 Å². The molecule has 0 unspecified atom stereocenters. The molecule has 1 aromatic carbocycles. The Hall–Kier alpha value is -1.95. The van der Waals surface area contributed by atoms with E-state index in [1.54, 1.807) is 20.3 Å². The van der Waals surface area contributed by atoms with E-state index in [0.29, 0.717) is 11.5 Å². The fraction of sp³-hybridized carbons (Fsp3) is 0.308. The molecular formula is C13H15NO2. The van der Waals surface area contributed by atoms with Gasteiger partial charge in [0.25, 0.3) is 0 Å². The normalized spacial score (nSPS) is 10.8. The molecule has 84 valence electrons. The van der Waals surface area contributed by atoms with Gasteiger partial charge in [0.2, 0.25) is 0 Å². The lowest BCUT2D eigenvalue weighted by Gasteiger charge is -2.09. The topological polar surface area (TPSA) is 42.2 Å². The molecule has 0 radical (unpaired) electrons. The number of nitriles is 1. The minimum absolute atomic E-state index is 0.713. The minimum atomic E-state index is 0.713. The van der Waals surface area contributed by atoms with E-state index in [4.69, 9.17) is 14.7 Å². The van der Waals surface area contributed by atoms with Gasteiger partial charge in [0, 0.05) is 6.08 Å². The third kappa shape index (κ3) is 3.03. The second-order valence-electron chi connectivity index (χ2n) is 3.49. The summed E-state index contributed by atoms with van der Waals surface area (Å²) in [5.41, 5.74) is 2.12. The van der Waals surface area contributed by atoms with Crippen LogP contribution in [0.15, 0.2) is 29.8 Å². The number of nitrogens with zero attached hydrogens (tertiary/aromatic N) is 1. The number of ether oxygens (including phenoxy) is 2. The van der Waals surface area contributed by atoms with Crippen molar-refractivity contribution in [3.63, 3.8) is 0 Å². The average molecular weight is 217 g/mol.